The maximum Gasteiger partial charge on any atom is 0.172 e. The second-order valence-electron chi connectivity index (χ2n) is 1.43. The summed E-state index contributed by atoms with van der Waals surface area (Å²) in [5.74, 6) is 5.26. The van der Waals surface area contributed by atoms with Crippen molar-refractivity contribution in [1.82, 2.24) is 5.16 Å². The minimum atomic E-state index is 0.194. The number of nitrogens with two attached hydrogens (primary N) is 1. The molecule has 1 heterocycles. The summed E-state index contributed by atoms with van der Waals surface area (Å²) in [5.41, 5.74) is 0. The number of rotatable bonds is 2. The van der Waals surface area contributed by atoms with Crippen molar-refractivity contribution in [3.8, 4) is 0 Å². The van der Waals surface area contributed by atoms with Gasteiger partial charge < -0.3 is 4.52 Å². The lowest BCUT2D eigenvalue weighted by molar-refractivity contribution is 0.103. The molecule has 0 unspecified atom stereocenters. The molecule has 0 aromatic carbocycles. The SMILES string of the molecule is NOCc1cc(Cl)no1. The van der Waals surface area contributed by atoms with Crippen LogP contribution in [-0.4, -0.2) is 5.16 Å². The lowest BCUT2D eigenvalue weighted by atomic mass is 10.5. The molecule has 9 heavy (non-hydrogen) atoms. The summed E-state index contributed by atoms with van der Waals surface area (Å²) in [4.78, 5) is 4.25. The number of hydrogen-bond acceptors (Lipinski definition) is 4. The van der Waals surface area contributed by atoms with Gasteiger partial charge in [-0.15, -0.1) is 0 Å². The zero-order chi connectivity index (χ0) is 6.69. The predicted molar refractivity (Wildman–Crippen MR) is 30.5 cm³/mol. The standard InChI is InChI=1S/C4H5ClN2O2/c5-4-1-3(2-8-6)9-7-4/h1H,2,6H2. The first-order valence-corrected chi connectivity index (χ1v) is 2.63. The van der Waals surface area contributed by atoms with Gasteiger partial charge in [-0.2, -0.15) is 0 Å². The van der Waals surface area contributed by atoms with Crippen molar-refractivity contribution in [2.24, 2.45) is 5.90 Å². The number of hydrogen-bond donors (Lipinski definition) is 1. The Morgan fingerprint density at radius 3 is 3.11 bits per heavy atom. The molecule has 0 fully saturated rings. The van der Waals surface area contributed by atoms with E-state index < -0.39 is 0 Å². The molecule has 2 N–H and O–H groups in total. The van der Waals surface area contributed by atoms with Crippen LogP contribution in [0.3, 0.4) is 0 Å². The molecule has 0 atom stereocenters. The van der Waals surface area contributed by atoms with Gasteiger partial charge in [0.25, 0.3) is 0 Å². The van der Waals surface area contributed by atoms with Crippen LogP contribution in [0.25, 0.3) is 0 Å². The van der Waals surface area contributed by atoms with Crippen molar-refractivity contribution in [3.05, 3.63) is 17.0 Å². The van der Waals surface area contributed by atoms with Gasteiger partial charge in [0.15, 0.2) is 10.9 Å². The van der Waals surface area contributed by atoms with Crippen LogP contribution >= 0.6 is 11.6 Å². The monoisotopic (exact) mass is 148 g/mol. The summed E-state index contributed by atoms with van der Waals surface area (Å²) in [6.45, 7) is 0.194. The van der Waals surface area contributed by atoms with Gasteiger partial charge in [0.05, 0.1) is 0 Å². The lowest BCUT2D eigenvalue weighted by Crippen LogP contribution is -1.96. The Morgan fingerprint density at radius 2 is 2.67 bits per heavy atom. The summed E-state index contributed by atoms with van der Waals surface area (Å²) in [6.07, 6.45) is 0. The van der Waals surface area contributed by atoms with E-state index in [1.54, 1.807) is 0 Å². The fraction of sp³-hybridized carbons (Fsp3) is 0.250. The van der Waals surface area contributed by atoms with Crippen LogP contribution in [-0.2, 0) is 11.4 Å². The third kappa shape index (κ3) is 1.67. The van der Waals surface area contributed by atoms with E-state index in [1.165, 1.54) is 6.07 Å². The highest BCUT2D eigenvalue weighted by Gasteiger charge is 1.98. The van der Waals surface area contributed by atoms with Crippen molar-refractivity contribution in [2.75, 3.05) is 0 Å². The van der Waals surface area contributed by atoms with Crippen molar-refractivity contribution in [2.45, 2.75) is 6.61 Å². The molecule has 0 amide bonds. The molecule has 0 aliphatic heterocycles. The zero-order valence-electron chi connectivity index (χ0n) is 4.50. The van der Waals surface area contributed by atoms with Crippen LogP contribution in [0.5, 0.6) is 0 Å². The average molecular weight is 149 g/mol. The van der Waals surface area contributed by atoms with E-state index in [4.69, 9.17) is 17.5 Å². The van der Waals surface area contributed by atoms with E-state index >= 15 is 0 Å². The van der Waals surface area contributed by atoms with Gasteiger partial charge in [-0.05, 0) is 0 Å². The molecular formula is C4H5ClN2O2. The van der Waals surface area contributed by atoms with E-state index in [0.29, 0.717) is 10.9 Å². The van der Waals surface area contributed by atoms with Crippen LogP contribution in [0.15, 0.2) is 10.6 Å². The molecule has 0 radical (unpaired) electrons. The van der Waals surface area contributed by atoms with E-state index in [9.17, 15) is 0 Å². The van der Waals surface area contributed by atoms with Gasteiger partial charge in [-0.3, -0.25) is 4.84 Å². The Balaban J connectivity index is 2.61. The van der Waals surface area contributed by atoms with Gasteiger partial charge in [0.1, 0.15) is 6.61 Å². The first-order chi connectivity index (χ1) is 4.33. The Bertz CT molecular complexity index is 188. The second kappa shape index (κ2) is 2.82. The highest BCUT2D eigenvalue weighted by molar-refractivity contribution is 6.29. The molecule has 0 saturated heterocycles. The van der Waals surface area contributed by atoms with E-state index in [-0.39, 0.29) is 6.61 Å². The van der Waals surface area contributed by atoms with Crippen LogP contribution in [0.4, 0.5) is 0 Å². The highest BCUT2D eigenvalue weighted by Crippen LogP contribution is 2.08. The van der Waals surface area contributed by atoms with E-state index in [1.807, 2.05) is 0 Å². The Hall–Kier alpha value is -0.580. The number of halogens is 1. The molecule has 1 rings (SSSR count). The number of aromatic nitrogens is 1. The minimum Gasteiger partial charge on any atom is -0.357 e. The molecule has 0 bridgehead atoms. The molecule has 5 heteroatoms. The number of nitrogens with zero attached hydrogens (tertiary/aromatic N) is 1. The normalized spacial score (nSPS) is 10.0. The highest BCUT2D eigenvalue weighted by atomic mass is 35.5. The van der Waals surface area contributed by atoms with Gasteiger partial charge >= 0.3 is 0 Å². The Labute approximate surface area is 56.5 Å². The fourth-order valence-electron chi connectivity index (χ4n) is 0.438. The van der Waals surface area contributed by atoms with Gasteiger partial charge in [0.2, 0.25) is 0 Å². The van der Waals surface area contributed by atoms with Gasteiger partial charge in [-0.1, -0.05) is 16.8 Å². The molecule has 4 nitrogen and oxygen atoms in total. The van der Waals surface area contributed by atoms with Crippen molar-refractivity contribution in [3.63, 3.8) is 0 Å². The van der Waals surface area contributed by atoms with Crippen molar-refractivity contribution < 1.29 is 9.36 Å². The molecule has 1 aromatic heterocycles. The summed E-state index contributed by atoms with van der Waals surface area (Å²) in [7, 11) is 0. The Kier molecular flexibility index (Phi) is 2.05. The largest absolute Gasteiger partial charge is 0.357 e. The van der Waals surface area contributed by atoms with E-state index in [0.717, 1.165) is 0 Å². The summed E-state index contributed by atoms with van der Waals surface area (Å²) < 4.78 is 4.62. The quantitative estimate of drug-likeness (QED) is 0.628. The maximum atomic E-state index is 5.39. The van der Waals surface area contributed by atoms with Crippen molar-refractivity contribution in [1.29, 1.82) is 0 Å². The zero-order valence-corrected chi connectivity index (χ0v) is 5.26. The Morgan fingerprint density at radius 1 is 1.89 bits per heavy atom. The van der Waals surface area contributed by atoms with Crippen molar-refractivity contribution >= 4 is 11.6 Å². The van der Waals surface area contributed by atoms with Crippen LogP contribution in [0.2, 0.25) is 5.15 Å². The molecule has 1 aromatic rings. The molecule has 0 spiro atoms. The lowest BCUT2D eigenvalue weighted by Gasteiger charge is -1.86. The maximum absolute atomic E-state index is 5.39. The topological polar surface area (TPSA) is 61.3 Å². The smallest absolute Gasteiger partial charge is 0.172 e. The third-order valence-corrected chi connectivity index (χ3v) is 0.934. The average Bonchev–Trinajstić information content (AvgIpc) is 2.17. The van der Waals surface area contributed by atoms with E-state index in [2.05, 4.69) is 14.5 Å². The van der Waals surface area contributed by atoms with Crippen LogP contribution in [0, 0.1) is 0 Å². The first-order valence-electron chi connectivity index (χ1n) is 2.25. The predicted octanol–water partition coefficient (Wildman–Crippen LogP) is 0.718. The minimum absolute atomic E-state index is 0.194. The molecule has 0 aliphatic rings. The van der Waals surface area contributed by atoms with Crippen LogP contribution in [0.1, 0.15) is 5.76 Å². The second-order valence-corrected chi connectivity index (χ2v) is 1.81. The summed E-state index contributed by atoms with van der Waals surface area (Å²) in [5, 5.41) is 3.70. The molecule has 50 valence electrons. The third-order valence-electron chi connectivity index (χ3n) is 0.756. The molecule has 0 aliphatic carbocycles. The summed E-state index contributed by atoms with van der Waals surface area (Å²) >= 11 is 5.39. The summed E-state index contributed by atoms with van der Waals surface area (Å²) in [6, 6.07) is 1.54. The first kappa shape index (κ1) is 6.54. The fourth-order valence-corrected chi connectivity index (χ4v) is 0.594. The van der Waals surface area contributed by atoms with Crippen LogP contribution < -0.4 is 5.90 Å². The molecule has 0 saturated carbocycles. The molecular weight excluding hydrogens is 144 g/mol. The van der Waals surface area contributed by atoms with Gasteiger partial charge in [-0.25, -0.2) is 5.90 Å². The van der Waals surface area contributed by atoms with Gasteiger partial charge in [0, 0.05) is 6.07 Å².